The fourth-order valence-corrected chi connectivity index (χ4v) is 2.68. The number of aliphatic hydroxyl groups is 1. The number of hydrogen-bond acceptors (Lipinski definition) is 2. The zero-order valence-electron chi connectivity index (χ0n) is 9.91. The summed E-state index contributed by atoms with van der Waals surface area (Å²) >= 11 is 0. The second kappa shape index (κ2) is 4.54. The minimum absolute atomic E-state index is 0.0246. The van der Waals surface area contributed by atoms with Crippen LogP contribution >= 0.6 is 0 Å². The van der Waals surface area contributed by atoms with Gasteiger partial charge in [-0.3, -0.25) is 4.79 Å². The first kappa shape index (κ1) is 11.6. The van der Waals surface area contributed by atoms with E-state index in [1.54, 1.807) is 0 Å². The lowest BCUT2D eigenvalue weighted by Crippen LogP contribution is -2.41. The van der Waals surface area contributed by atoms with E-state index in [0.717, 1.165) is 31.3 Å². The van der Waals surface area contributed by atoms with Crippen LogP contribution in [0.3, 0.4) is 0 Å². The number of ketones is 1. The van der Waals surface area contributed by atoms with Crippen LogP contribution in [0.15, 0.2) is 23.8 Å². The Morgan fingerprint density at radius 2 is 2.06 bits per heavy atom. The highest BCUT2D eigenvalue weighted by atomic mass is 16.3. The smallest absolute Gasteiger partial charge is 0.190 e. The Bertz CT molecular complexity index is 333. The molecule has 16 heavy (non-hydrogen) atoms. The lowest BCUT2D eigenvalue weighted by Gasteiger charge is -2.32. The Morgan fingerprint density at radius 1 is 1.38 bits per heavy atom. The van der Waals surface area contributed by atoms with Crippen molar-refractivity contribution in [2.24, 2.45) is 5.92 Å². The first-order chi connectivity index (χ1) is 7.62. The topological polar surface area (TPSA) is 37.3 Å². The van der Waals surface area contributed by atoms with Gasteiger partial charge >= 0.3 is 0 Å². The highest BCUT2D eigenvalue weighted by Gasteiger charge is 2.38. The predicted octanol–water partition coefficient (Wildman–Crippen LogP) is 2.77. The van der Waals surface area contributed by atoms with Crippen LogP contribution in [-0.4, -0.2) is 16.5 Å². The Kier molecular flexibility index (Phi) is 3.29. The quantitative estimate of drug-likeness (QED) is 0.777. The Labute approximate surface area is 97.0 Å². The zero-order valence-corrected chi connectivity index (χ0v) is 9.91. The number of Topliss-reactive ketones (excluding diaryl/α,β-unsaturated/α-hetero) is 1. The van der Waals surface area contributed by atoms with Gasteiger partial charge in [-0.25, -0.2) is 0 Å². The van der Waals surface area contributed by atoms with Gasteiger partial charge in [0.1, 0.15) is 5.60 Å². The third-order valence-corrected chi connectivity index (χ3v) is 3.67. The van der Waals surface area contributed by atoms with Crippen LogP contribution in [0, 0.1) is 5.92 Å². The normalized spacial score (nSPS) is 28.6. The molecular weight excluding hydrogens is 200 g/mol. The van der Waals surface area contributed by atoms with Crippen molar-refractivity contribution in [3.63, 3.8) is 0 Å². The largest absolute Gasteiger partial charge is 0.382 e. The predicted molar refractivity (Wildman–Crippen MR) is 64.0 cm³/mol. The van der Waals surface area contributed by atoms with Crippen molar-refractivity contribution in [3.05, 3.63) is 23.8 Å². The molecule has 0 aliphatic heterocycles. The molecule has 0 saturated heterocycles. The molecule has 2 rings (SSSR count). The van der Waals surface area contributed by atoms with E-state index in [1.807, 2.05) is 12.2 Å². The second-order valence-electron chi connectivity index (χ2n) is 5.18. The maximum atomic E-state index is 12.3. The summed E-state index contributed by atoms with van der Waals surface area (Å²) in [6, 6.07) is 0. The van der Waals surface area contributed by atoms with Crippen LogP contribution in [-0.2, 0) is 4.79 Å². The maximum absolute atomic E-state index is 12.3. The first-order valence-corrected chi connectivity index (χ1v) is 6.26. The molecule has 0 aromatic heterocycles. The second-order valence-corrected chi connectivity index (χ2v) is 5.18. The van der Waals surface area contributed by atoms with Gasteiger partial charge in [0.2, 0.25) is 0 Å². The summed E-state index contributed by atoms with van der Waals surface area (Å²) in [6.45, 7) is 2.10. The van der Waals surface area contributed by atoms with E-state index in [4.69, 9.17) is 0 Å². The summed E-state index contributed by atoms with van der Waals surface area (Å²) in [4.78, 5) is 12.3. The standard InChI is InChI=1S/C14H20O2/c1-11-6-5-7-12(10-11)13(15)14(16)8-3-2-4-9-14/h5-7,11,16H,2-4,8-10H2,1H3. The van der Waals surface area contributed by atoms with Crippen LogP contribution in [0.4, 0.5) is 0 Å². The van der Waals surface area contributed by atoms with Gasteiger partial charge in [0.25, 0.3) is 0 Å². The molecule has 0 spiro atoms. The van der Waals surface area contributed by atoms with Crippen LogP contribution < -0.4 is 0 Å². The number of carbonyl (C=O) groups is 1. The van der Waals surface area contributed by atoms with Gasteiger partial charge in [0.05, 0.1) is 0 Å². The molecule has 1 saturated carbocycles. The summed E-state index contributed by atoms with van der Waals surface area (Å²) < 4.78 is 0. The summed E-state index contributed by atoms with van der Waals surface area (Å²) in [6.07, 6.45) is 11.1. The van der Waals surface area contributed by atoms with Crippen molar-refractivity contribution < 1.29 is 9.90 Å². The Morgan fingerprint density at radius 3 is 2.69 bits per heavy atom. The molecule has 1 atom stereocenters. The Balaban J connectivity index is 2.12. The Hall–Kier alpha value is -0.890. The average Bonchev–Trinajstić information content (AvgIpc) is 2.29. The molecule has 1 fully saturated rings. The van der Waals surface area contributed by atoms with Crippen LogP contribution in [0.2, 0.25) is 0 Å². The molecule has 88 valence electrons. The lowest BCUT2D eigenvalue weighted by molar-refractivity contribution is -0.136. The van der Waals surface area contributed by atoms with E-state index in [-0.39, 0.29) is 5.78 Å². The molecule has 0 bridgehead atoms. The third kappa shape index (κ3) is 2.27. The monoisotopic (exact) mass is 220 g/mol. The molecule has 2 aliphatic rings. The van der Waals surface area contributed by atoms with Crippen LogP contribution in [0.5, 0.6) is 0 Å². The molecule has 0 aromatic carbocycles. The molecule has 2 heteroatoms. The molecule has 2 nitrogen and oxygen atoms in total. The molecule has 0 aromatic rings. The van der Waals surface area contributed by atoms with Gasteiger partial charge < -0.3 is 5.11 Å². The number of carbonyl (C=O) groups excluding carboxylic acids is 1. The third-order valence-electron chi connectivity index (χ3n) is 3.67. The molecule has 1 unspecified atom stereocenters. The van der Waals surface area contributed by atoms with Crippen LogP contribution in [0.25, 0.3) is 0 Å². The lowest BCUT2D eigenvalue weighted by atomic mass is 9.77. The number of rotatable bonds is 2. The molecule has 2 aliphatic carbocycles. The summed E-state index contributed by atoms with van der Waals surface area (Å²) in [5, 5.41) is 10.4. The summed E-state index contributed by atoms with van der Waals surface area (Å²) in [7, 11) is 0. The molecule has 0 amide bonds. The fraction of sp³-hybridized carbons (Fsp3) is 0.643. The molecule has 1 N–H and O–H groups in total. The van der Waals surface area contributed by atoms with E-state index in [0.29, 0.717) is 18.8 Å². The van der Waals surface area contributed by atoms with Gasteiger partial charge in [-0.15, -0.1) is 0 Å². The SMILES string of the molecule is CC1C=CC=C(C(=O)C2(O)CCCCC2)C1. The van der Waals surface area contributed by atoms with Gasteiger partial charge in [-0.2, -0.15) is 0 Å². The van der Waals surface area contributed by atoms with Gasteiger partial charge in [0, 0.05) is 0 Å². The van der Waals surface area contributed by atoms with E-state index in [9.17, 15) is 9.90 Å². The molecular formula is C14H20O2. The van der Waals surface area contributed by atoms with Crippen molar-refractivity contribution in [2.45, 2.75) is 51.0 Å². The van der Waals surface area contributed by atoms with Crippen molar-refractivity contribution >= 4 is 5.78 Å². The number of hydrogen-bond donors (Lipinski definition) is 1. The summed E-state index contributed by atoms with van der Waals surface area (Å²) in [5.41, 5.74) is -0.256. The van der Waals surface area contributed by atoms with Gasteiger partial charge in [0.15, 0.2) is 5.78 Å². The first-order valence-electron chi connectivity index (χ1n) is 6.26. The van der Waals surface area contributed by atoms with E-state index in [1.165, 1.54) is 0 Å². The minimum Gasteiger partial charge on any atom is -0.382 e. The fourth-order valence-electron chi connectivity index (χ4n) is 2.68. The maximum Gasteiger partial charge on any atom is 0.190 e. The highest BCUT2D eigenvalue weighted by Crippen LogP contribution is 2.33. The van der Waals surface area contributed by atoms with Crippen molar-refractivity contribution in [1.82, 2.24) is 0 Å². The number of allylic oxidation sites excluding steroid dienone is 3. The minimum atomic E-state index is -1.06. The van der Waals surface area contributed by atoms with Gasteiger partial charge in [-0.05, 0) is 30.8 Å². The van der Waals surface area contributed by atoms with Crippen LogP contribution in [0.1, 0.15) is 45.4 Å². The van der Waals surface area contributed by atoms with E-state index in [2.05, 4.69) is 13.0 Å². The van der Waals surface area contributed by atoms with Crippen molar-refractivity contribution in [1.29, 1.82) is 0 Å². The summed E-state index contributed by atoms with van der Waals surface area (Å²) in [5.74, 6) is 0.388. The molecule has 0 heterocycles. The highest BCUT2D eigenvalue weighted by molar-refractivity contribution is 6.02. The van der Waals surface area contributed by atoms with Crippen molar-refractivity contribution in [2.75, 3.05) is 0 Å². The average molecular weight is 220 g/mol. The van der Waals surface area contributed by atoms with Gasteiger partial charge in [-0.1, -0.05) is 44.4 Å². The van der Waals surface area contributed by atoms with E-state index >= 15 is 0 Å². The van der Waals surface area contributed by atoms with Crippen molar-refractivity contribution in [3.8, 4) is 0 Å². The zero-order chi connectivity index (χ0) is 11.6. The van der Waals surface area contributed by atoms with E-state index < -0.39 is 5.60 Å². The molecule has 0 radical (unpaired) electrons.